The summed E-state index contributed by atoms with van der Waals surface area (Å²) < 4.78 is 6.18. The standard InChI is InChI=1S/C11H16BrNO/c1-8(6-13)9-3-4-10(7-14-2)11(12)5-9/h3-5,8H,6-7,13H2,1-2H3. The van der Waals surface area contributed by atoms with Crippen molar-refractivity contribution in [3.8, 4) is 0 Å². The van der Waals surface area contributed by atoms with E-state index < -0.39 is 0 Å². The molecule has 0 aliphatic carbocycles. The first-order valence-corrected chi connectivity index (χ1v) is 5.45. The maximum atomic E-state index is 5.61. The van der Waals surface area contributed by atoms with Gasteiger partial charge in [0.1, 0.15) is 0 Å². The van der Waals surface area contributed by atoms with Gasteiger partial charge in [-0.25, -0.2) is 0 Å². The molecule has 0 heterocycles. The number of ether oxygens (including phenoxy) is 1. The first-order valence-electron chi connectivity index (χ1n) is 4.66. The molecule has 1 unspecified atom stereocenters. The molecule has 1 aromatic rings. The van der Waals surface area contributed by atoms with Crippen LogP contribution in [0.2, 0.25) is 0 Å². The van der Waals surface area contributed by atoms with Gasteiger partial charge in [0.2, 0.25) is 0 Å². The third kappa shape index (κ3) is 2.80. The van der Waals surface area contributed by atoms with Crippen molar-refractivity contribution in [3.05, 3.63) is 33.8 Å². The minimum atomic E-state index is 0.405. The first-order chi connectivity index (χ1) is 6.69. The molecular weight excluding hydrogens is 242 g/mol. The second-order valence-corrected chi connectivity index (χ2v) is 4.27. The SMILES string of the molecule is COCc1ccc(C(C)CN)cc1Br. The summed E-state index contributed by atoms with van der Waals surface area (Å²) in [6.45, 7) is 3.44. The Morgan fingerprint density at radius 3 is 2.71 bits per heavy atom. The van der Waals surface area contributed by atoms with E-state index >= 15 is 0 Å². The quantitative estimate of drug-likeness (QED) is 0.901. The summed E-state index contributed by atoms with van der Waals surface area (Å²) in [7, 11) is 1.70. The topological polar surface area (TPSA) is 35.2 Å². The highest BCUT2D eigenvalue weighted by Gasteiger charge is 2.06. The molecule has 0 aromatic heterocycles. The highest BCUT2D eigenvalue weighted by atomic mass is 79.9. The highest BCUT2D eigenvalue weighted by Crippen LogP contribution is 2.23. The number of nitrogens with two attached hydrogens (primary N) is 1. The van der Waals surface area contributed by atoms with Crippen molar-refractivity contribution in [3.63, 3.8) is 0 Å². The lowest BCUT2D eigenvalue weighted by Crippen LogP contribution is -2.09. The van der Waals surface area contributed by atoms with Crippen LogP contribution in [0, 0.1) is 0 Å². The summed E-state index contributed by atoms with van der Waals surface area (Å²) in [6.07, 6.45) is 0. The molecule has 0 fully saturated rings. The molecule has 3 heteroatoms. The van der Waals surface area contributed by atoms with Gasteiger partial charge in [0.05, 0.1) is 6.61 Å². The van der Waals surface area contributed by atoms with Crippen molar-refractivity contribution in [1.82, 2.24) is 0 Å². The number of halogens is 1. The van der Waals surface area contributed by atoms with Crippen LogP contribution in [0.3, 0.4) is 0 Å². The minimum absolute atomic E-state index is 0.405. The van der Waals surface area contributed by atoms with Gasteiger partial charge < -0.3 is 10.5 Å². The molecule has 0 aliphatic rings. The molecule has 14 heavy (non-hydrogen) atoms. The van der Waals surface area contributed by atoms with E-state index in [-0.39, 0.29) is 0 Å². The molecule has 0 bridgehead atoms. The Bertz CT molecular complexity index is 301. The van der Waals surface area contributed by atoms with Crippen LogP contribution >= 0.6 is 15.9 Å². The van der Waals surface area contributed by atoms with Gasteiger partial charge in [-0.1, -0.05) is 35.0 Å². The van der Waals surface area contributed by atoms with E-state index in [4.69, 9.17) is 10.5 Å². The third-order valence-corrected chi connectivity index (χ3v) is 3.04. The summed E-state index contributed by atoms with van der Waals surface area (Å²) >= 11 is 3.52. The van der Waals surface area contributed by atoms with Gasteiger partial charge >= 0.3 is 0 Å². The van der Waals surface area contributed by atoms with Crippen molar-refractivity contribution >= 4 is 15.9 Å². The predicted molar refractivity (Wildman–Crippen MR) is 62.3 cm³/mol. The second-order valence-electron chi connectivity index (χ2n) is 3.42. The summed E-state index contributed by atoms with van der Waals surface area (Å²) in [5.74, 6) is 0.405. The normalized spacial score (nSPS) is 12.9. The molecule has 0 amide bonds. The number of rotatable bonds is 4. The first kappa shape index (κ1) is 11.7. The van der Waals surface area contributed by atoms with Gasteiger partial charge in [0.25, 0.3) is 0 Å². The maximum Gasteiger partial charge on any atom is 0.0724 e. The molecule has 78 valence electrons. The van der Waals surface area contributed by atoms with Crippen molar-refractivity contribution in [2.75, 3.05) is 13.7 Å². The summed E-state index contributed by atoms with van der Waals surface area (Å²) in [4.78, 5) is 0. The van der Waals surface area contributed by atoms with Crippen LogP contribution in [0.4, 0.5) is 0 Å². The molecular formula is C11H16BrNO. The van der Waals surface area contributed by atoms with Gasteiger partial charge in [-0.3, -0.25) is 0 Å². The smallest absolute Gasteiger partial charge is 0.0724 e. The molecule has 2 nitrogen and oxygen atoms in total. The van der Waals surface area contributed by atoms with Crippen LogP contribution in [0.1, 0.15) is 24.0 Å². The second kappa shape index (κ2) is 5.49. The van der Waals surface area contributed by atoms with E-state index in [1.165, 1.54) is 11.1 Å². The summed E-state index contributed by atoms with van der Waals surface area (Å²) in [6, 6.07) is 6.30. The minimum Gasteiger partial charge on any atom is -0.380 e. The summed E-state index contributed by atoms with van der Waals surface area (Å²) in [5, 5.41) is 0. The van der Waals surface area contributed by atoms with Crippen LogP contribution in [0.5, 0.6) is 0 Å². The van der Waals surface area contributed by atoms with E-state index in [0.29, 0.717) is 19.1 Å². The zero-order valence-electron chi connectivity index (χ0n) is 8.59. The molecule has 2 N–H and O–H groups in total. The molecule has 0 saturated carbocycles. The fourth-order valence-electron chi connectivity index (χ4n) is 1.28. The van der Waals surface area contributed by atoms with Crippen molar-refractivity contribution in [2.24, 2.45) is 5.73 Å². The van der Waals surface area contributed by atoms with E-state index in [1.807, 2.05) is 0 Å². The molecule has 1 aromatic carbocycles. The van der Waals surface area contributed by atoms with Crippen molar-refractivity contribution in [2.45, 2.75) is 19.4 Å². The zero-order valence-corrected chi connectivity index (χ0v) is 10.2. The Morgan fingerprint density at radius 2 is 2.21 bits per heavy atom. The van der Waals surface area contributed by atoms with E-state index in [1.54, 1.807) is 7.11 Å². The molecule has 0 saturated heterocycles. The number of methoxy groups -OCH3 is 1. The number of hydrogen-bond acceptors (Lipinski definition) is 2. The van der Waals surface area contributed by atoms with Gasteiger partial charge in [-0.2, -0.15) is 0 Å². The van der Waals surface area contributed by atoms with Gasteiger partial charge in [0.15, 0.2) is 0 Å². The fourth-order valence-corrected chi connectivity index (χ4v) is 1.79. The lowest BCUT2D eigenvalue weighted by molar-refractivity contribution is 0.184. The lowest BCUT2D eigenvalue weighted by Gasteiger charge is -2.11. The van der Waals surface area contributed by atoms with Crippen molar-refractivity contribution in [1.29, 1.82) is 0 Å². The Labute approximate surface area is 93.6 Å². The van der Waals surface area contributed by atoms with Gasteiger partial charge in [-0.15, -0.1) is 0 Å². The Hall–Kier alpha value is -0.380. The van der Waals surface area contributed by atoms with Crippen LogP contribution in [0.15, 0.2) is 22.7 Å². The fraction of sp³-hybridized carbons (Fsp3) is 0.455. The number of benzene rings is 1. The predicted octanol–water partition coefficient (Wildman–Crippen LogP) is 2.66. The Morgan fingerprint density at radius 1 is 1.50 bits per heavy atom. The van der Waals surface area contributed by atoms with Gasteiger partial charge in [0, 0.05) is 11.6 Å². The maximum absolute atomic E-state index is 5.61. The van der Waals surface area contributed by atoms with Crippen LogP contribution in [-0.4, -0.2) is 13.7 Å². The third-order valence-electron chi connectivity index (χ3n) is 2.30. The largest absolute Gasteiger partial charge is 0.380 e. The number of hydrogen-bond donors (Lipinski definition) is 1. The van der Waals surface area contributed by atoms with E-state index in [9.17, 15) is 0 Å². The molecule has 0 radical (unpaired) electrons. The summed E-state index contributed by atoms with van der Waals surface area (Å²) in [5.41, 5.74) is 8.04. The Balaban J connectivity index is 2.88. The van der Waals surface area contributed by atoms with E-state index in [0.717, 1.165) is 4.47 Å². The Kier molecular flexibility index (Phi) is 4.58. The van der Waals surface area contributed by atoms with Crippen LogP contribution in [0.25, 0.3) is 0 Å². The van der Waals surface area contributed by atoms with Crippen LogP contribution in [-0.2, 0) is 11.3 Å². The average Bonchev–Trinajstić information content (AvgIpc) is 2.20. The lowest BCUT2D eigenvalue weighted by atomic mass is 10.0. The monoisotopic (exact) mass is 257 g/mol. The molecule has 0 aliphatic heterocycles. The zero-order chi connectivity index (χ0) is 10.6. The van der Waals surface area contributed by atoms with Crippen LogP contribution < -0.4 is 5.73 Å². The van der Waals surface area contributed by atoms with Gasteiger partial charge in [-0.05, 0) is 29.7 Å². The average molecular weight is 258 g/mol. The molecule has 1 atom stereocenters. The highest BCUT2D eigenvalue weighted by molar-refractivity contribution is 9.10. The van der Waals surface area contributed by atoms with E-state index in [2.05, 4.69) is 41.1 Å². The van der Waals surface area contributed by atoms with Crippen molar-refractivity contribution < 1.29 is 4.74 Å². The molecule has 1 rings (SSSR count). The molecule has 0 spiro atoms.